The molecule has 2 aromatic carbocycles. The van der Waals surface area contributed by atoms with Gasteiger partial charge in [0.05, 0.1) is 11.3 Å². The number of anilines is 2. The maximum Gasteiger partial charge on any atom is 0.416 e. The van der Waals surface area contributed by atoms with Crippen molar-refractivity contribution in [2.75, 3.05) is 31.3 Å². The molecular formula is C27H29F5N6O3. The molecule has 1 heterocycles. The first-order valence-corrected chi connectivity index (χ1v) is 12.9. The number of nitrogens with zero attached hydrogens (tertiary/aromatic N) is 4. The van der Waals surface area contributed by atoms with E-state index in [0.29, 0.717) is 18.1 Å². The fourth-order valence-corrected chi connectivity index (χ4v) is 4.78. The zero-order chi connectivity index (χ0) is 29.7. The second-order valence-corrected chi connectivity index (χ2v) is 10.2. The summed E-state index contributed by atoms with van der Waals surface area (Å²) in [6.45, 7) is 1.00. The Kier molecular flexibility index (Phi) is 9.21. The van der Waals surface area contributed by atoms with E-state index in [0.717, 1.165) is 50.4 Å². The van der Waals surface area contributed by atoms with Crippen LogP contribution < -0.4 is 20.4 Å². The highest BCUT2D eigenvalue weighted by Crippen LogP contribution is 2.35. The van der Waals surface area contributed by atoms with E-state index in [4.69, 9.17) is 4.52 Å². The van der Waals surface area contributed by atoms with Gasteiger partial charge < -0.3 is 15.3 Å². The molecule has 14 heteroatoms. The number of amides is 2. The maximum atomic E-state index is 14.6. The lowest BCUT2D eigenvalue weighted by Gasteiger charge is -2.26. The quantitative estimate of drug-likeness (QED) is 0.166. The number of nitrogens with one attached hydrogen (secondary N) is 2. The number of urea groups is 1. The lowest BCUT2D eigenvalue weighted by Crippen LogP contribution is -2.43. The summed E-state index contributed by atoms with van der Waals surface area (Å²) in [6.07, 6.45) is -2.12. The molecule has 1 fully saturated rings. The van der Waals surface area contributed by atoms with E-state index >= 15 is 0 Å². The third-order valence-electron chi connectivity index (χ3n) is 6.67. The Balaban J connectivity index is 1.45. The summed E-state index contributed by atoms with van der Waals surface area (Å²) in [4.78, 5) is 18.1. The van der Waals surface area contributed by atoms with Crippen LogP contribution in [-0.2, 0) is 6.18 Å². The Bertz CT molecular complexity index is 1390. The molecule has 1 aromatic heterocycles. The highest BCUT2D eigenvalue weighted by atomic mass is 19.4. The molecule has 4 rings (SSSR count). The number of halogens is 5. The SMILES string of the molecule is CN(C)CC1CCC([n+]2cc(NC(=O)Nc3cc(N=C([O-])[C@H](F)c4ccccc4F)cc(C(F)(F)F)c3)on2)CC1. The third-order valence-corrected chi connectivity index (χ3v) is 6.67. The van der Waals surface area contributed by atoms with E-state index in [2.05, 4.69) is 25.8 Å². The van der Waals surface area contributed by atoms with E-state index in [9.17, 15) is 31.9 Å². The standard InChI is InChI=1S/C27H29F5N6O3/c1-37(2)14-16-7-9-20(10-8-16)38-15-23(41-36-38)35-26(40)34-19-12-17(27(30,31)32)11-18(13-19)33-25(39)24(29)21-5-3-4-6-22(21)28/h3-6,11-13,15-16,20,24H,7-10,14H2,1-2H3,(H2-,33,34,35,36,39,40)/t16?,20?,24-/m1/s1. The van der Waals surface area contributed by atoms with Gasteiger partial charge in [0.1, 0.15) is 5.82 Å². The van der Waals surface area contributed by atoms with Gasteiger partial charge in [-0.15, -0.1) is 0 Å². The summed E-state index contributed by atoms with van der Waals surface area (Å²) in [5, 5.41) is 20.8. The Morgan fingerprint density at radius 2 is 1.88 bits per heavy atom. The summed E-state index contributed by atoms with van der Waals surface area (Å²) in [5.41, 5.74) is -2.80. The van der Waals surface area contributed by atoms with Gasteiger partial charge in [0, 0.05) is 36.5 Å². The number of benzene rings is 2. The van der Waals surface area contributed by atoms with Crippen molar-refractivity contribution in [3.63, 3.8) is 0 Å². The van der Waals surface area contributed by atoms with Gasteiger partial charge in [0.2, 0.25) is 5.27 Å². The third kappa shape index (κ3) is 7.99. The average Bonchev–Trinajstić information content (AvgIpc) is 3.36. The first-order chi connectivity index (χ1) is 19.4. The molecule has 0 aliphatic heterocycles. The lowest BCUT2D eigenvalue weighted by atomic mass is 9.86. The Labute approximate surface area is 232 Å². The molecule has 0 radical (unpaired) electrons. The molecule has 1 aliphatic rings. The summed E-state index contributed by atoms with van der Waals surface area (Å²) < 4.78 is 75.7. The molecule has 9 nitrogen and oxygen atoms in total. The zero-order valence-corrected chi connectivity index (χ0v) is 22.3. The van der Waals surface area contributed by atoms with Gasteiger partial charge in [0.15, 0.2) is 12.2 Å². The average molecular weight is 581 g/mol. The topological polar surface area (TPSA) is 110 Å². The van der Waals surface area contributed by atoms with Crippen molar-refractivity contribution in [2.24, 2.45) is 10.9 Å². The van der Waals surface area contributed by atoms with Crippen LogP contribution in [0.5, 0.6) is 0 Å². The van der Waals surface area contributed by atoms with Gasteiger partial charge in [-0.05, 0) is 61.8 Å². The van der Waals surface area contributed by atoms with Gasteiger partial charge in [-0.3, -0.25) is 14.8 Å². The van der Waals surface area contributed by atoms with Crippen LogP contribution in [0.4, 0.5) is 44.0 Å². The van der Waals surface area contributed by atoms with Crippen LogP contribution >= 0.6 is 0 Å². The van der Waals surface area contributed by atoms with Crippen LogP contribution in [0, 0.1) is 11.7 Å². The number of carbonyl (C=O) groups is 1. The second-order valence-electron chi connectivity index (χ2n) is 10.2. The van der Waals surface area contributed by atoms with E-state index in [-0.39, 0.29) is 17.6 Å². The number of aliphatic imine (C=N–C) groups is 1. The smallest absolute Gasteiger partial charge is 0.416 e. The summed E-state index contributed by atoms with van der Waals surface area (Å²) in [7, 11) is 4.06. The minimum atomic E-state index is -4.87. The van der Waals surface area contributed by atoms with Crippen molar-refractivity contribution >= 4 is 29.2 Å². The Hall–Kier alpha value is -4.07. The number of aromatic nitrogens is 2. The van der Waals surface area contributed by atoms with E-state index in [1.807, 2.05) is 14.1 Å². The highest BCUT2D eigenvalue weighted by molar-refractivity contribution is 5.99. The largest absolute Gasteiger partial charge is 0.859 e. The maximum absolute atomic E-state index is 14.6. The van der Waals surface area contributed by atoms with Crippen molar-refractivity contribution in [2.45, 2.75) is 44.1 Å². The van der Waals surface area contributed by atoms with E-state index < -0.39 is 46.9 Å². The minimum Gasteiger partial charge on any atom is -0.859 e. The molecule has 1 aliphatic carbocycles. The van der Waals surface area contributed by atoms with Crippen LogP contribution in [-0.4, -0.2) is 42.7 Å². The lowest BCUT2D eigenvalue weighted by molar-refractivity contribution is -0.787. The van der Waals surface area contributed by atoms with Gasteiger partial charge >= 0.3 is 18.1 Å². The van der Waals surface area contributed by atoms with E-state index in [1.54, 1.807) is 4.68 Å². The Morgan fingerprint density at radius 1 is 1.17 bits per heavy atom. The zero-order valence-electron chi connectivity index (χ0n) is 22.3. The van der Waals surface area contributed by atoms with Gasteiger partial charge in [-0.1, -0.05) is 18.2 Å². The van der Waals surface area contributed by atoms with Crippen molar-refractivity contribution in [1.29, 1.82) is 0 Å². The number of hydrogen-bond acceptors (Lipinski definition) is 6. The molecule has 3 aromatic rings. The highest BCUT2D eigenvalue weighted by Gasteiger charge is 2.32. The Morgan fingerprint density at radius 3 is 2.54 bits per heavy atom. The molecule has 2 amide bonds. The summed E-state index contributed by atoms with van der Waals surface area (Å²) in [6, 6.07) is 5.79. The normalized spacial score (nSPS) is 18.8. The van der Waals surface area contributed by atoms with Gasteiger partial charge in [-0.25, -0.2) is 13.6 Å². The van der Waals surface area contributed by atoms with Crippen LogP contribution in [0.3, 0.4) is 0 Å². The van der Waals surface area contributed by atoms with Crippen molar-refractivity contribution in [3.8, 4) is 0 Å². The predicted octanol–water partition coefficient (Wildman–Crippen LogP) is 5.16. The fourth-order valence-electron chi connectivity index (χ4n) is 4.78. The fraction of sp³-hybridized carbons (Fsp3) is 0.407. The molecule has 0 bridgehead atoms. The van der Waals surface area contributed by atoms with Crippen molar-refractivity contribution in [1.82, 2.24) is 10.2 Å². The first-order valence-electron chi connectivity index (χ1n) is 12.9. The molecular weight excluding hydrogens is 551 g/mol. The number of hydrogen-bond donors (Lipinski definition) is 2. The molecule has 220 valence electrons. The van der Waals surface area contributed by atoms with Crippen LogP contribution in [0.25, 0.3) is 0 Å². The molecule has 41 heavy (non-hydrogen) atoms. The minimum absolute atomic E-state index is 0.0323. The van der Waals surface area contributed by atoms with Gasteiger partial charge in [-0.2, -0.15) is 13.2 Å². The molecule has 1 saturated carbocycles. The van der Waals surface area contributed by atoms with Crippen molar-refractivity contribution in [3.05, 3.63) is 65.6 Å². The number of alkyl halides is 4. The molecule has 2 N–H and O–H groups in total. The number of rotatable bonds is 8. The number of carbonyl (C=O) groups excluding carboxylic acids is 1. The van der Waals surface area contributed by atoms with Gasteiger partial charge in [0.25, 0.3) is 6.20 Å². The van der Waals surface area contributed by atoms with Crippen molar-refractivity contribution < 1.29 is 41.1 Å². The van der Waals surface area contributed by atoms with E-state index in [1.165, 1.54) is 18.3 Å². The monoisotopic (exact) mass is 580 g/mol. The second kappa shape index (κ2) is 12.6. The summed E-state index contributed by atoms with van der Waals surface area (Å²) >= 11 is 0. The molecule has 0 saturated heterocycles. The molecule has 1 atom stereocenters. The molecule has 0 spiro atoms. The molecule has 0 unspecified atom stereocenters. The van der Waals surface area contributed by atoms with Crippen LogP contribution in [0.15, 0.2) is 58.2 Å². The van der Waals surface area contributed by atoms with Crippen LogP contribution in [0.2, 0.25) is 0 Å². The first kappa shape index (κ1) is 29.9. The summed E-state index contributed by atoms with van der Waals surface area (Å²) in [5.74, 6) is -1.95. The van der Waals surface area contributed by atoms with Crippen LogP contribution in [0.1, 0.15) is 49.0 Å². The predicted molar refractivity (Wildman–Crippen MR) is 138 cm³/mol.